The zero-order valence-electron chi connectivity index (χ0n) is 14.2. The van der Waals surface area contributed by atoms with Gasteiger partial charge in [-0.2, -0.15) is 4.31 Å². The number of aryl methyl sites for hydroxylation is 2. The standard InChI is InChI=1S/C17H21NO4S3/c1-13-5-6-16(14(2)12-13)25(21,22)18-8-7-17(15-4-3-10-23-15)24(19,20)11-9-18/h3-6,10,12,17H,7-9,11H2,1-2H3. The molecule has 3 rings (SSSR count). The lowest BCUT2D eigenvalue weighted by Gasteiger charge is -2.21. The first-order valence-corrected chi connectivity index (χ1v) is 12.1. The van der Waals surface area contributed by atoms with Crippen LogP contribution in [0.5, 0.6) is 0 Å². The molecule has 25 heavy (non-hydrogen) atoms. The van der Waals surface area contributed by atoms with Crippen molar-refractivity contribution in [2.45, 2.75) is 30.4 Å². The topological polar surface area (TPSA) is 71.5 Å². The highest BCUT2D eigenvalue weighted by atomic mass is 32.2. The summed E-state index contributed by atoms with van der Waals surface area (Å²) in [6.45, 7) is 3.88. The van der Waals surface area contributed by atoms with Crippen molar-refractivity contribution in [2.75, 3.05) is 18.8 Å². The van der Waals surface area contributed by atoms with Crippen LogP contribution in [0.1, 0.15) is 27.7 Å². The summed E-state index contributed by atoms with van der Waals surface area (Å²) in [5.41, 5.74) is 1.68. The van der Waals surface area contributed by atoms with Gasteiger partial charge in [0.2, 0.25) is 10.0 Å². The van der Waals surface area contributed by atoms with Crippen molar-refractivity contribution in [2.24, 2.45) is 0 Å². The minimum Gasteiger partial charge on any atom is -0.228 e. The van der Waals surface area contributed by atoms with Gasteiger partial charge in [-0.15, -0.1) is 11.3 Å². The predicted molar refractivity (Wildman–Crippen MR) is 100 cm³/mol. The highest BCUT2D eigenvalue weighted by Crippen LogP contribution is 2.34. The predicted octanol–water partition coefficient (Wildman–Crippen LogP) is 2.92. The third-order valence-electron chi connectivity index (χ3n) is 4.51. The molecule has 136 valence electrons. The van der Waals surface area contributed by atoms with Crippen LogP contribution < -0.4 is 0 Å². The molecule has 0 saturated carbocycles. The molecule has 0 aliphatic carbocycles. The number of sulfonamides is 1. The summed E-state index contributed by atoms with van der Waals surface area (Å²) in [5.74, 6) is -0.153. The van der Waals surface area contributed by atoms with Crippen molar-refractivity contribution >= 4 is 31.2 Å². The zero-order valence-corrected chi connectivity index (χ0v) is 16.6. The maximum Gasteiger partial charge on any atom is 0.243 e. The number of hydrogen-bond donors (Lipinski definition) is 0. The van der Waals surface area contributed by atoms with Crippen molar-refractivity contribution < 1.29 is 16.8 Å². The molecule has 1 aliphatic heterocycles. The smallest absolute Gasteiger partial charge is 0.228 e. The summed E-state index contributed by atoms with van der Waals surface area (Å²) in [6.07, 6.45) is 0.285. The number of thiophene rings is 1. The molecule has 1 aliphatic rings. The average Bonchev–Trinajstić information content (AvgIpc) is 2.98. The number of sulfone groups is 1. The molecule has 1 atom stereocenters. The lowest BCUT2D eigenvalue weighted by molar-refractivity contribution is 0.428. The Labute approximate surface area is 153 Å². The summed E-state index contributed by atoms with van der Waals surface area (Å²) in [5, 5.41) is 1.23. The molecule has 1 saturated heterocycles. The van der Waals surface area contributed by atoms with E-state index in [1.165, 1.54) is 15.6 Å². The zero-order chi connectivity index (χ0) is 18.2. The monoisotopic (exact) mass is 399 g/mol. The van der Waals surface area contributed by atoms with Gasteiger partial charge in [0.15, 0.2) is 9.84 Å². The Morgan fingerprint density at radius 1 is 1.16 bits per heavy atom. The Morgan fingerprint density at radius 3 is 2.56 bits per heavy atom. The maximum absolute atomic E-state index is 13.0. The first-order chi connectivity index (χ1) is 11.7. The largest absolute Gasteiger partial charge is 0.243 e. The van der Waals surface area contributed by atoms with Gasteiger partial charge in [0.1, 0.15) is 0 Å². The van der Waals surface area contributed by atoms with Gasteiger partial charge in [-0.05, 0) is 43.3 Å². The summed E-state index contributed by atoms with van der Waals surface area (Å²) in [4.78, 5) is 1.04. The van der Waals surface area contributed by atoms with E-state index >= 15 is 0 Å². The Bertz CT molecular complexity index is 963. The fourth-order valence-corrected chi connectivity index (χ4v) is 7.97. The molecule has 0 amide bonds. The van der Waals surface area contributed by atoms with Crippen LogP contribution in [0.15, 0.2) is 40.6 Å². The van der Waals surface area contributed by atoms with E-state index in [-0.39, 0.29) is 30.2 Å². The normalized spacial score (nSPS) is 21.8. The quantitative estimate of drug-likeness (QED) is 0.796. The fraction of sp³-hybridized carbons (Fsp3) is 0.412. The molecule has 1 fully saturated rings. The van der Waals surface area contributed by atoms with E-state index in [1.807, 2.05) is 24.4 Å². The van der Waals surface area contributed by atoms with Crippen molar-refractivity contribution in [3.05, 3.63) is 51.7 Å². The van der Waals surface area contributed by atoms with Crippen molar-refractivity contribution in [3.63, 3.8) is 0 Å². The van der Waals surface area contributed by atoms with E-state index in [1.54, 1.807) is 25.1 Å². The lowest BCUT2D eigenvalue weighted by atomic mass is 10.2. The molecular formula is C17H21NO4S3. The maximum atomic E-state index is 13.0. The van der Waals surface area contributed by atoms with Crippen LogP contribution >= 0.6 is 11.3 Å². The first kappa shape index (κ1) is 18.6. The van der Waals surface area contributed by atoms with Crippen LogP contribution in [0, 0.1) is 13.8 Å². The van der Waals surface area contributed by atoms with E-state index in [9.17, 15) is 16.8 Å². The summed E-state index contributed by atoms with van der Waals surface area (Å²) in [7, 11) is -7.07. The van der Waals surface area contributed by atoms with Gasteiger partial charge in [0.25, 0.3) is 0 Å². The Morgan fingerprint density at radius 2 is 1.92 bits per heavy atom. The minimum atomic E-state index is -3.70. The Kier molecular flexibility index (Phi) is 5.07. The molecule has 8 heteroatoms. The molecule has 2 heterocycles. The highest BCUT2D eigenvalue weighted by molar-refractivity contribution is 7.92. The van der Waals surface area contributed by atoms with Gasteiger partial charge in [0, 0.05) is 18.0 Å². The molecule has 0 radical (unpaired) electrons. The molecule has 0 N–H and O–H groups in total. The van der Waals surface area contributed by atoms with E-state index in [0.717, 1.165) is 10.4 Å². The number of hydrogen-bond acceptors (Lipinski definition) is 5. The van der Waals surface area contributed by atoms with E-state index in [2.05, 4.69) is 0 Å². The Hall–Kier alpha value is -1.22. The lowest BCUT2D eigenvalue weighted by Crippen LogP contribution is -2.34. The van der Waals surface area contributed by atoms with Gasteiger partial charge < -0.3 is 0 Å². The molecular weight excluding hydrogens is 378 g/mol. The summed E-state index contributed by atoms with van der Waals surface area (Å²) >= 11 is 1.40. The van der Waals surface area contributed by atoms with Crippen molar-refractivity contribution in [1.29, 1.82) is 0 Å². The average molecular weight is 400 g/mol. The van der Waals surface area contributed by atoms with Gasteiger partial charge in [-0.1, -0.05) is 23.8 Å². The molecule has 2 aromatic rings. The van der Waals surface area contributed by atoms with Crippen LogP contribution in [0.2, 0.25) is 0 Å². The molecule has 1 aromatic carbocycles. The minimum absolute atomic E-state index is 0.000141. The molecule has 0 spiro atoms. The molecule has 1 aromatic heterocycles. The van der Waals surface area contributed by atoms with Crippen LogP contribution in [-0.2, 0) is 19.9 Å². The van der Waals surface area contributed by atoms with Crippen LogP contribution in [0.3, 0.4) is 0 Å². The van der Waals surface area contributed by atoms with Gasteiger partial charge in [-0.25, -0.2) is 16.8 Å². The molecule has 5 nitrogen and oxygen atoms in total. The SMILES string of the molecule is Cc1ccc(S(=O)(=O)N2CCC(c3cccs3)S(=O)(=O)CC2)c(C)c1. The van der Waals surface area contributed by atoms with Crippen molar-refractivity contribution in [1.82, 2.24) is 4.31 Å². The molecule has 0 bridgehead atoms. The van der Waals surface area contributed by atoms with E-state index in [0.29, 0.717) is 5.56 Å². The Balaban J connectivity index is 1.92. The summed E-state index contributed by atoms with van der Waals surface area (Å²) < 4.78 is 52.5. The fourth-order valence-electron chi connectivity index (χ4n) is 3.19. The number of nitrogens with zero attached hydrogens (tertiary/aromatic N) is 1. The van der Waals surface area contributed by atoms with Gasteiger partial charge in [-0.3, -0.25) is 0 Å². The third kappa shape index (κ3) is 3.67. The van der Waals surface area contributed by atoms with E-state index in [4.69, 9.17) is 0 Å². The third-order valence-corrected chi connectivity index (χ3v) is 9.81. The summed E-state index contributed by atoms with van der Waals surface area (Å²) in [6, 6.07) is 8.83. The van der Waals surface area contributed by atoms with Gasteiger partial charge >= 0.3 is 0 Å². The molecule has 1 unspecified atom stereocenters. The number of benzene rings is 1. The second-order valence-electron chi connectivity index (χ2n) is 6.33. The van der Waals surface area contributed by atoms with E-state index < -0.39 is 25.1 Å². The van der Waals surface area contributed by atoms with Crippen LogP contribution in [0.25, 0.3) is 0 Å². The van der Waals surface area contributed by atoms with Crippen LogP contribution in [0.4, 0.5) is 0 Å². The first-order valence-electron chi connectivity index (χ1n) is 8.04. The van der Waals surface area contributed by atoms with Crippen LogP contribution in [-0.4, -0.2) is 40.0 Å². The number of rotatable bonds is 3. The van der Waals surface area contributed by atoms with Gasteiger partial charge in [0.05, 0.1) is 15.9 Å². The highest BCUT2D eigenvalue weighted by Gasteiger charge is 2.36. The second-order valence-corrected chi connectivity index (χ2v) is 11.5. The second kappa shape index (κ2) is 6.83. The van der Waals surface area contributed by atoms with Crippen molar-refractivity contribution in [3.8, 4) is 0 Å².